The molecule has 0 saturated carbocycles. The third-order valence-corrected chi connectivity index (χ3v) is 2.96. The van der Waals surface area contributed by atoms with Gasteiger partial charge >= 0.3 is 0 Å². The van der Waals surface area contributed by atoms with Crippen LogP contribution in [0.2, 0.25) is 5.02 Å². The molecule has 0 fully saturated rings. The SMILES string of the molecule is CC(O)CCN(C)c1cccc(Cl)c1/C(N)=N/O. The number of oxime groups is 1. The van der Waals surface area contributed by atoms with Crippen molar-refractivity contribution in [2.75, 3.05) is 18.5 Å². The molecule has 18 heavy (non-hydrogen) atoms. The fourth-order valence-electron chi connectivity index (χ4n) is 1.64. The van der Waals surface area contributed by atoms with E-state index in [4.69, 9.17) is 22.5 Å². The van der Waals surface area contributed by atoms with Gasteiger partial charge < -0.3 is 20.9 Å². The van der Waals surface area contributed by atoms with E-state index in [0.29, 0.717) is 23.6 Å². The molecule has 0 amide bonds. The van der Waals surface area contributed by atoms with Crippen LogP contribution in [0.3, 0.4) is 0 Å². The first kappa shape index (κ1) is 14.6. The van der Waals surface area contributed by atoms with Crippen molar-refractivity contribution in [2.24, 2.45) is 10.9 Å². The smallest absolute Gasteiger partial charge is 0.173 e. The number of nitrogens with two attached hydrogens (primary N) is 1. The van der Waals surface area contributed by atoms with Crippen molar-refractivity contribution in [2.45, 2.75) is 19.4 Å². The maximum atomic E-state index is 9.29. The third kappa shape index (κ3) is 3.51. The maximum Gasteiger partial charge on any atom is 0.173 e. The highest BCUT2D eigenvalue weighted by Gasteiger charge is 2.15. The molecule has 0 radical (unpaired) electrons. The molecule has 100 valence electrons. The number of aliphatic hydroxyl groups excluding tert-OH is 1. The molecule has 0 heterocycles. The van der Waals surface area contributed by atoms with Gasteiger partial charge in [0.15, 0.2) is 5.84 Å². The molecular weight excluding hydrogens is 254 g/mol. The van der Waals surface area contributed by atoms with Crippen molar-refractivity contribution in [3.63, 3.8) is 0 Å². The molecule has 1 rings (SSSR count). The second-order valence-electron chi connectivity index (χ2n) is 4.18. The highest BCUT2D eigenvalue weighted by atomic mass is 35.5. The monoisotopic (exact) mass is 271 g/mol. The minimum absolute atomic E-state index is 0.0282. The van der Waals surface area contributed by atoms with Crippen LogP contribution in [0.5, 0.6) is 0 Å². The van der Waals surface area contributed by atoms with Crippen LogP contribution < -0.4 is 10.6 Å². The Morgan fingerprint density at radius 2 is 2.22 bits per heavy atom. The Morgan fingerprint density at radius 3 is 2.78 bits per heavy atom. The van der Waals surface area contributed by atoms with Crippen LogP contribution in [0.15, 0.2) is 23.4 Å². The Kier molecular flexibility index (Phi) is 5.25. The van der Waals surface area contributed by atoms with Gasteiger partial charge in [0.1, 0.15) is 0 Å². The zero-order valence-corrected chi connectivity index (χ0v) is 11.2. The summed E-state index contributed by atoms with van der Waals surface area (Å²) in [6.07, 6.45) is 0.248. The van der Waals surface area contributed by atoms with Crippen LogP contribution in [0, 0.1) is 0 Å². The molecule has 5 nitrogen and oxygen atoms in total. The zero-order valence-electron chi connectivity index (χ0n) is 10.5. The number of amidine groups is 1. The van der Waals surface area contributed by atoms with E-state index in [1.807, 2.05) is 18.0 Å². The summed E-state index contributed by atoms with van der Waals surface area (Å²) in [5.74, 6) is -0.0282. The highest BCUT2D eigenvalue weighted by molar-refractivity contribution is 6.34. The fraction of sp³-hybridized carbons (Fsp3) is 0.417. The Morgan fingerprint density at radius 1 is 1.56 bits per heavy atom. The van der Waals surface area contributed by atoms with Crippen LogP contribution in [-0.4, -0.2) is 35.8 Å². The molecule has 1 unspecified atom stereocenters. The normalized spacial score (nSPS) is 13.4. The topological polar surface area (TPSA) is 82.1 Å². The van der Waals surface area contributed by atoms with Crippen molar-refractivity contribution in [3.8, 4) is 0 Å². The minimum Gasteiger partial charge on any atom is -0.409 e. The predicted molar refractivity (Wildman–Crippen MR) is 73.5 cm³/mol. The van der Waals surface area contributed by atoms with Gasteiger partial charge in [-0.1, -0.05) is 22.8 Å². The summed E-state index contributed by atoms with van der Waals surface area (Å²) in [6.45, 7) is 2.37. The van der Waals surface area contributed by atoms with E-state index in [2.05, 4.69) is 5.16 Å². The Labute approximate surface area is 111 Å². The second kappa shape index (κ2) is 6.47. The molecule has 1 aromatic carbocycles. The maximum absolute atomic E-state index is 9.29. The van der Waals surface area contributed by atoms with Gasteiger partial charge in [-0.2, -0.15) is 0 Å². The van der Waals surface area contributed by atoms with E-state index in [1.165, 1.54) is 0 Å². The van der Waals surface area contributed by atoms with Crippen molar-refractivity contribution < 1.29 is 10.3 Å². The number of hydrogen-bond acceptors (Lipinski definition) is 4. The molecule has 0 spiro atoms. The Bertz CT molecular complexity index is 435. The van der Waals surface area contributed by atoms with Gasteiger partial charge in [-0.15, -0.1) is 0 Å². The van der Waals surface area contributed by atoms with E-state index < -0.39 is 0 Å². The molecule has 0 aromatic heterocycles. The van der Waals surface area contributed by atoms with Gasteiger partial charge in [-0.25, -0.2) is 0 Å². The Balaban J connectivity index is 3.04. The molecule has 4 N–H and O–H groups in total. The van der Waals surface area contributed by atoms with Crippen molar-refractivity contribution >= 4 is 23.1 Å². The molecule has 0 aliphatic rings. The molecule has 0 aliphatic heterocycles. The minimum atomic E-state index is -0.376. The summed E-state index contributed by atoms with van der Waals surface area (Å²) in [7, 11) is 1.86. The highest BCUT2D eigenvalue weighted by Crippen LogP contribution is 2.26. The summed E-state index contributed by atoms with van der Waals surface area (Å²) in [5.41, 5.74) is 6.89. The lowest BCUT2D eigenvalue weighted by Gasteiger charge is -2.23. The standard InChI is InChI=1S/C12H18ClN3O2/c1-8(17)6-7-16(2)10-5-3-4-9(13)11(10)12(14)15-18/h3-5,8,17-18H,6-7H2,1-2H3,(H2,14,15). The number of rotatable bonds is 5. The molecule has 0 aliphatic carbocycles. The number of benzene rings is 1. The van der Waals surface area contributed by atoms with Gasteiger partial charge in [0.25, 0.3) is 0 Å². The predicted octanol–water partition coefficient (Wildman–Crippen LogP) is 1.64. The van der Waals surface area contributed by atoms with Crippen LogP contribution in [0.1, 0.15) is 18.9 Å². The summed E-state index contributed by atoms with van der Waals surface area (Å²) in [4.78, 5) is 1.91. The van der Waals surface area contributed by atoms with E-state index >= 15 is 0 Å². The van der Waals surface area contributed by atoms with E-state index in [-0.39, 0.29) is 11.9 Å². The van der Waals surface area contributed by atoms with Crippen LogP contribution in [0.4, 0.5) is 5.69 Å². The Hall–Kier alpha value is -1.46. The van der Waals surface area contributed by atoms with Gasteiger partial charge in [0.2, 0.25) is 0 Å². The van der Waals surface area contributed by atoms with Crippen LogP contribution >= 0.6 is 11.6 Å². The fourth-order valence-corrected chi connectivity index (χ4v) is 1.90. The number of hydrogen-bond donors (Lipinski definition) is 3. The van der Waals surface area contributed by atoms with Gasteiger partial charge in [-0.3, -0.25) is 0 Å². The lowest BCUT2D eigenvalue weighted by molar-refractivity contribution is 0.187. The largest absolute Gasteiger partial charge is 0.409 e. The van der Waals surface area contributed by atoms with Gasteiger partial charge in [0, 0.05) is 19.3 Å². The zero-order chi connectivity index (χ0) is 13.7. The third-order valence-electron chi connectivity index (χ3n) is 2.65. The van der Waals surface area contributed by atoms with Crippen LogP contribution in [0.25, 0.3) is 0 Å². The van der Waals surface area contributed by atoms with Gasteiger partial charge in [-0.05, 0) is 25.5 Å². The average molecular weight is 272 g/mol. The van der Waals surface area contributed by atoms with E-state index in [9.17, 15) is 5.11 Å². The molecular formula is C12H18ClN3O2. The van der Waals surface area contributed by atoms with Gasteiger partial charge in [0.05, 0.1) is 16.7 Å². The van der Waals surface area contributed by atoms with Crippen molar-refractivity contribution in [1.29, 1.82) is 0 Å². The van der Waals surface area contributed by atoms with Crippen LogP contribution in [-0.2, 0) is 0 Å². The average Bonchev–Trinajstić information content (AvgIpc) is 2.34. The molecule has 1 atom stereocenters. The first-order valence-electron chi connectivity index (χ1n) is 5.63. The number of nitrogens with zero attached hydrogens (tertiary/aromatic N) is 2. The summed E-state index contributed by atoms with van der Waals surface area (Å²) in [5, 5.41) is 21.5. The molecule has 0 bridgehead atoms. The number of anilines is 1. The molecule has 6 heteroatoms. The number of aliphatic hydroxyl groups is 1. The van der Waals surface area contributed by atoms with E-state index in [1.54, 1.807) is 19.1 Å². The van der Waals surface area contributed by atoms with Crippen molar-refractivity contribution in [1.82, 2.24) is 0 Å². The van der Waals surface area contributed by atoms with Crippen molar-refractivity contribution in [3.05, 3.63) is 28.8 Å². The molecule has 1 aromatic rings. The lowest BCUT2D eigenvalue weighted by Crippen LogP contribution is -2.26. The lowest BCUT2D eigenvalue weighted by atomic mass is 10.1. The quantitative estimate of drug-likeness (QED) is 0.329. The molecule has 0 saturated heterocycles. The van der Waals surface area contributed by atoms with E-state index in [0.717, 1.165) is 5.69 Å². The summed E-state index contributed by atoms with van der Waals surface area (Å²) in [6, 6.07) is 5.31. The summed E-state index contributed by atoms with van der Waals surface area (Å²) < 4.78 is 0. The summed E-state index contributed by atoms with van der Waals surface area (Å²) >= 11 is 6.06. The number of halogens is 1. The second-order valence-corrected chi connectivity index (χ2v) is 4.59. The first-order chi connectivity index (χ1) is 8.47. The first-order valence-corrected chi connectivity index (χ1v) is 6.00.